The van der Waals surface area contributed by atoms with Crippen molar-refractivity contribution in [3.05, 3.63) is 36.5 Å². The third kappa shape index (κ3) is 52.6. The second-order valence-electron chi connectivity index (χ2n) is 19.5. The highest BCUT2D eigenvalue weighted by Gasteiger charge is 2.19. The van der Waals surface area contributed by atoms with Crippen molar-refractivity contribution in [2.45, 2.75) is 316 Å². The molecule has 0 aliphatic carbocycles. The van der Waals surface area contributed by atoms with Crippen molar-refractivity contribution in [1.82, 2.24) is 0 Å². The molecule has 0 aromatic carbocycles. The van der Waals surface area contributed by atoms with Crippen LogP contribution in [0.3, 0.4) is 0 Å². The van der Waals surface area contributed by atoms with Gasteiger partial charge < -0.3 is 14.2 Å². The number of ether oxygens (including phenoxy) is 3. The van der Waals surface area contributed by atoms with Crippen molar-refractivity contribution in [2.24, 2.45) is 0 Å². The Kier molecular flexibility index (Phi) is 53.2. The highest BCUT2D eigenvalue weighted by Crippen LogP contribution is 2.15. The van der Waals surface area contributed by atoms with Gasteiger partial charge in [0.15, 0.2) is 6.10 Å². The van der Waals surface area contributed by atoms with Crippen molar-refractivity contribution in [3.8, 4) is 0 Å². The molecule has 0 bridgehead atoms. The number of hydrogen-bond acceptors (Lipinski definition) is 6. The molecule has 0 aliphatic rings. The Hall–Kier alpha value is -2.37. The zero-order chi connectivity index (χ0) is 47.9. The fraction of sp³-hybridized carbons (Fsp3) is 0.850. The molecule has 0 aromatic rings. The molecule has 0 amide bonds. The summed E-state index contributed by atoms with van der Waals surface area (Å²) in [5.74, 6) is -0.880. The van der Waals surface area contributed by atoms with E-state index in [4.69, 9.17) is 14.2 Å². The molecule has 0 fully saturated rings. The molecule has 0 unspecified atom stereocenters. The summed E-state index contributed by atoms with van der Waals surface area (Å²) < 4.78 is 16.9. The molecular formula is C60H110O6. The van der Waals surface area contributed by atoms with Crippen LogP contribution in [0, 0.1) is 0 Å². The molecule has 0 atom stereocenters. The third-order valence-corrected chi connectivity index (χ3v) is 12.8. The summed E-state index contributed by atoms with van der Waals surface area (Å²) in [4.78, 5) is 38.1. The molecule has 0 spiro atoms. The molecule has 0 radical (unpaired) electrons. The van der Waals surface area contributed by atoms with Crippen LogP contribution in [0.1, 0.15) is 310 Å². The molecule has 0 saturated carbocycles. The summed E-state index contributed by atoms with van der Waals surface area (Å²) in [7, 11) is 0. The first-order chi connectivity index (χ1) is 32.5. The van der Waals surface area contributed by atoms with Crippen LogP contribution in [0.2, 0.25) is 0 Å². The Labute approximate surface area is 410 Å². The summed E-state index contributed by atoms with van der Waals surface area (Å²) in [5.41, 5.74) is 0. The monoisotopic (exact) mass is 927 g/mol. The van der Waals surface area contributed by atoms with E-state index < -0.39 is 6.10 Å². The van der Waals surface area contributed by atoms with E-state index in [1.807, 2.05) is 0 Å². The topological polar surface area (TPSA) is 78.9 Å². The maximum atomic E-state index is 12.8. The second kappa shape index (κ2) is 55.2. The number of esters is 3. The summed E-state index contributed by atoms with van der Waals surface area (Å²) in [6.07, 6.45) is 65.6. The van der Waals surface area contributed by atoms with E-state index >= 15 is 0 Å². The van der Waals surface area contributed by atoms with E-state index in [9.17, 15) is 14.4 Å². The van der Waals surface area contributed by atoms with Gasteiger partial charge in [-0.05, 0) is 96.3 Å². The number of carbonyl (C=O) groups excluding carboxylic acids is 3. The minimum atomic E-state index is -0.779. The van der Waals surface area contributed by atoms with Crippen LogP contribution in [0.15, 0.2) is 36.5 Å². The molecule has 66 heavy (non-hydrogen) atoms. The number of hydrogen-bond donors (Lipinski definition) is 0. The number of carbonyl (C=O) groups is 3. The standard InChI is InChI=1S/C60H110O6/c1-4-7-10-13-16-19-22-25-28-31-34-37-40-43-46-49-52-58(61)64-55-57(66-60(63)54-51-48-45-42-39-36-33-30-27-24-21-18-15-12-9-6-3)56-65-59(62)53-50-47-44-41-38-35-32-29-26-23-20-17-14-11-8-5-2/h25-30,57H,4-24,31-56H2,1-3H3/b28-25-,29-26-,30-27-. The van der Waals surface area contributed by atoms with Crippen LogP contribution in [0.25, 0.3) is 0 Å². The zero-order valence-electron chi connectivity index (χ0n) is 44.2. The quantitative estimate of drug-likeness (QED) is 0.0262. The molecule has 0 saturated heterocycles. The molecule has 0 rings (SSSR count). The van der Waals surface area contributed by atoms with Gasteiger partial charge in [0.25, 0.3) is 0 Å². The average Bonchev–Trinajstić information content (AvgIpc) is 3.31. The second-order valence-corrected chi connectivity index (χ2v) is 19.5. The normalized spacial score (nSPS) is 11.8. The van der Waals surface area contributed by atoms with Gasteiger partial charge >= 0.3 is 17.9 Å². The van der Waals surface area contributed by atoms with Crippen LogP contribution in [-0.4, -0.2) is 37.2 Å². The lowest BCUT2D eigenvalue weighted by Gasteiger charge is -2.18. The summed E-state index contributed by atoms with van der Waals surface area (Å²) in [6, 6.07) is 0. The van der Waals surface area contributed by atoms with Crippen molar-refractivity contribution < 1.29 is 28.6 Å². The van der Waals surface area contributed by atoms with Crippen molar-refractivity contribution in [3.63, 3.8) is 0 Å². The smallest absolute Gasteiger partial charge is 0.306 e. The molecular weight excluding hydrogens is 817 g/mol. The predicted octanol–water partition coefficient (Wildman–Crippen LogP) is 19.3. The van der Waals surface area contributed by atoms with Gasteiger partial charge in [-0.25, -0.2) is 0 Å². The van der Waals surface area contributed by atoms with Crippen LogP contribution >= 0.6 is 0 Å². The van der Waals surface area contributed by atoms with Gasteiger partial charge in [0, 0.05) is 19.3 Å². The number of rotatable bonds is 53. The van der Waals surface area contributed by atoms with E-state index in [2.05, 4.69) is 57.2 Å². The minimum Gasteiger partial charge on any atom is -0.462 e. The Balaban J connectivity index is 4.38. The van der Waals surface area contributed by atoms with Gasteiger partial charge in [-0.2, -0.15) is 0 Å². The Morgan fingerprint density at radius 3 is 0.758 bits per heavy atom. The molecule has 0 N–H and O–H groups in total. The first kappa shape index (κ1) is 63.6. The summed E-state index contributed by atoms with van der Waals surface area (Å²) >= 11 is 0. The average molecular weight is 928 g/mol. The van der Waals surface area contributed by atoms with Crippen molar-refractivity contribution >= 4 is 17.9 Å². The van der Waals surface area contributed by atoms with E-state index in [1.54, 1.807) is 0 Å². The Bertz CT molecular complexity index is 1050. The highest BCUT2D eigenvalue weighted by molar-refractivity contribution is 5.71. The lowest BCUT2D eigenvalue weighted by molar-refractivity contribution is -0.167. The predicted molar refractivity (Wildman–Crippen MR) is 284 cm³/mol. The third-order valence-electron chi connectivity index (χ3n) is 12.8. The van der Waals surface area contributed by atoms with E-state index in [0.29, 0.717) is 19.3 Å². The maximum Gasteiger partial charge on any atom is 0.306 e. The maximum absolute atomic E-state index is 12.8. The van der Waals surface area contributed by atoms with Gasteiger partial charge in [-0.15, -0.1) is 0 Å². The molecule has 0 aliphatic heterocycles. The molecule has 0 heterocycles. The van der Waals surface area contributed by atoms with Crippen LogP contribution in [0.4, 0.5) is 0 Å². The van der Waals surface area contributed by atoms with E-state index in [-0.39, 0.29) is 31.1 Å². The molecule has 6 heteroatoms. The van der Waals surface area contributed by atoms with Crippen LogP contribution in [0.5, 0.6) is 0 Å². The molecule has 6 nitrogen and oxygen atoms in total. The lowest BCUT2D eigenvalue weighted by atomic mass is 10.1. The van der Waals surface area contributed by atoms with Crippen LogP contribution < -0.4 is 0 Å². The Morgan fingerprint density at radius 1 is 0.288 bits per heavy atom. The first-order valence-electron chi connectivity index (χ1n) is 29.0. The minimum absolute atomic E-state index is 0.0775. The van der Waals surface area contributed by atoms with E-state index in [0.717, 1.165) is 64.2 Å². The van der Waals surface area contributed by atoms with Gasteiger partial charge in [0.1, 0.15) is 13.2 Å². The Morgan fingerprint density at radius 2 is 0.500 bits per heavy atom. The summed E-state index contributed by atoms with van der Waals surface area (Å²) in [6.45, 7) is 6.65. The van der Waals surface area contributed by atoms with Gasteiger partial charge in [0.2, 0.25) is 0 Å². The highest BCUT2D eigenvalue weighted by atomic mass is 16.6. The van der Waals surface area contributed by atoms with Crippen molar-refractivity contribution in [1.29, 1.82) is 0 Å². The SMILES string of the molecule is CCCCCCCC/C=C\CCCCCCCCC(=O)OCC(COC(=O)CCCCCCCC/C=C\CCCCCCCC)OC(=O)CCCCCCCC/C=C\CCCCCCCC. The molecule has 0 aromatic heterocycles. The van der Waals surface area contributed by atoms with Gasteiger partial charge in [-0.1, -0.05) is 231 Å². The first-order valence-corrected chi connectivity index (χ1v) is 29.0. The fourth-order valence-corrected chi connectivity index (χ4v) is 8.43. The van der Waals surface area contributed by atoms with Crippen LogP contribution in [-0.2, 0) is 28.6 Å². The number of unbranched alkanes of at least 4 members (excludes halogenated alkanes) is 36. The van der Waals surface area contributed by atoms with Gasteiger partial charge in [0.05, 0.1) is 0 Å². The molecule has 386 valence electrons. The summed E-state index contributed by atoms with van der Waals surface area (Å²) in [5, 5.41) is 0. The number of allylic oxidation sites excluding steroid dienone is 6. The largest absolute Gasteiger partial charge is 0.462 e. The van der Waals surface area contributed by atoms with E-state index in [1.165, 1.54) is 205 Å². The fourth-order valence-electron chi connectivity index (χ4n) is 8.43. The zero-order valence-corrected chi connectivity index (χ0v) is 44.2. The lowest BCUT2D eigenvalue weighted by Crippen LogP contribution is -2.30. The van der Waals surface area contributed by atoms with Gasteiger partial charge in [-0.3, -0.25) is 14.4 Å². The van der Waals surface area contributed by atoms with Crippen molar-refractivity contribution in [2.75, 3.05) is 13.2 Å².